The lowest BCUT2D eigenvalue weighted by molar-refractivity contribution is 0.400. The monoisotopic (exact) mass is 258 g/mol. The molecule has 0 saturated carbocycles. The summed E-state index contributed by atoms with van der Waals surface area (Å²) in [6, 6.07) is 3.11. The van der Waals surface area contributed by atoms with E-state index in [2.05, 4.69) is 9.71 Å². The molecule has 17 heavy (non-hydrogen) atoms. The van der Waals surface area contributed by atoms with Crippen LogP contribution in [0.4, 0.5) is 5.69 Å². The van der Waals surface area contributed by atoms with Gasteiger partial charge in [-0.3, -0.25) is 0 Å². The van der Waals surface area contributed by atoms with E-state index in [0.717, 1.165) is 13.0 Å². The van der Waals surface area contributed by atoms with Crippen LogP contribution in [0.25, 0.3) is 0 Å². The molecule has 96 valence electrons. The van der Waals surface area contributed by atoms with E-state index in [-0.39, 0.29) is 10.7 Å². The number of rotatable bonds is 6. The molecule has 3 N–H and O–H groups in total. The SMILES string of the molecule is CN(C)CCCNS(=O)(=O)c1ncccc1N. The number of nitrogens with zero attached hydrogens (tertiary/aromatic N) is 2. The van der Waals surface area contributed by atoms with Crippen LogP contribution in [-0.4, -0.2) is 45.5 Å². The molecule has 0 aliphatic carbocycles. The predicted octanol–water partition coefficient (Wildman–Crippen LogP) is -0.106. The molecule has 0 radical (unpaired) electrons. The van der Waals surface area contributed by atoms with Crippen LogP contribution >= 0.6 is 0 Å². The molecule has 0 aromatic carbocycles. The van der Waals surface area contributed by atoms with E-state index in [4.69, 9.17) is 5.73 Å². The Balaban J connectivity index is 2.61. The van der Waals surface area contributed by atoms with Gasteiger partial charge in [0.1, 0.15) is 0 Å². The number of nitrogens with two attached hydrogens (primary N) is 1. The first-order chi connectivity index (χ1) is 7.93. The Morgan fingerprint density at radius 1 is 1.47 bits per heavy atom. The predicted molar refractivity (Wildman–Crippen MR) is 67.0 cm³/mol. The third-order valence-corrected chi connectivity index (χ3v) is 3.56. The molecule has 0 aliphatic rings. The number of hydrogen-bond donors (Lipinski definition) is 2. The van der Waals surface area contributed by atoms with Crippen molar-refractivity contribution in [1.82, 2.24) is 14.6 Å². The van der Waals surface area contributed by atoms with Crippen LogP contribution in [0.1, 0.15) is 6.42 Å². The highest BCUT2D eigenvalue weighted by molar-refractivity contribution is 7.89. The van der Waals surface area contributed by atoms with E-state index >= 15 is 0 Å². The Hall–Kier alpha value is -1.18. The second-order valence-electron chi connectivity index (χ2n) is 3.95. The molecule has 1 rings (SSSR count). The first-order valence-electron chi connectivity index (χ1n) is 5.28. The van der Waals surface area contributed by atoms with Gasteiger partial charge in [-0.2, -0.15) is 0 Å². The van der Waals surface area contributed by atoms with Crippen LogP contribution in [0, 0.1) is 0 Å². The minimum atomic E-state index is -3.59. The van der Waals surface area contributed by atoms with Gasteiger partial charge >= 0.3 is 0 Å². The molecule has 6 nitrogen and oxygen atoms in total. The molecule has 7 heteroatoms. The number of pyridine rings is 1. The van der Waals surface area contributed by atoms with Crippen molar-refractivity contribution in [2.45, 2.75) is 11.4 Å². The highest BCUT2D eigenvalue weighted by Gasteiger charge is 2.17. The summed E-state index contributed by atoms with van der Waals surface area (Å²) in [5.74, 6) is 0. The van der Waals surface area contributed by atoms with Crippen molar-refractivity contribution in [1.29, 1.82) is 0 Å². The fourth-order valence-corrected chi connectivity index (χ4v) is 2.43. The zero-order valence-corrected chi connectivity index (χ0v) is 10.9. The lowest BCUT2D eigenvalue weighted by Gasteiger charge is -2.10. The summed E-state index contributed by atoms with van der Waals surface area (Å²) in [6.45, 7) is 1.19. The molecule has 1 aromatic heterocycles. The van der Waals surface area contributed by atoms with Crippen molar-refractivity contribution >= 4 is 15.7 Å². The van der Waals surface area contributed by atoms with Gasteiger partial charge in [0, 0.05) is 12.7 Å². The third-order valence-electron chi connectivity index (χ3n) is 2.13. The summed E-state index contributed by atoms with van der Waals surface area (Å²) in [6.07, 6.45) is 2.14. The first-order valence-corrected chi connectivity index (χ1v) is 6.76. The van der Waals surface area contributed by atoms with Gasteiger partial charge in [-0.1, -0.05) is 0 Å². The Kier molecular flexibility index (Phi) is 4.86. The summed E-state index contributed by atoms with van der Waals surface area (Å²) >= 11 is 0. The number of nitrogen functional groups attached to an aromatic ring is 1. The molecule has 0 saturated heterocycles. The van der Waals surface area contributed by atoms with Gasteiger partial charge in [0.25, 0.3) is 10.0 Å². The molecule has 0 amide bonds. The topological polar surface area (TPSA) is 88.3 Å². The molecular formula is C10H18N4O2S. The van der Waals surface area contributed by atoms with E-state index in [1.54, 1.807) is 6.07 Å². The number of nitrogens with one attached hydrogen (secondary N) is 1. The Labute approximate surface area is 102 Å². The van der Waals surface area contributed by atoms with Gasteiger partial charge in [0.2, 0.25) is 0 Å². The lowest BCUT2D eigenvalue weighted by atomic mass is 10.4. The molecular weight excluding hydrogens is 240 g/mol. The fourth-order valence-electron chi connectivity index (χ4n) is 1.30. The maximum absolute atomic E-state index is 11.8. The van der Waals surface area contributed by atoms with Crippen molar-refractivity contribution in [2.24, 2.45) is 0 Å². The highest BCUT2D eigenvalue weighted by atomic mass is 32.2. The van der Waals surface area contributed by atoms with Crippen LogP contribution in [-0.2, 0) is 10.0 Å². The summed E-state index contributed by atoms with van der Waals surface area (Å²) in [5.41, 5.74) is 5.73. The van der Waals surface area contributed by atoms with Crippen LogP contribution in [0.5, 0.6) is 0 Å². The van der Waals surface area contributed by atoms with Gasteiger partial charge in [-0.15, -0.1) is 0 Å². The van der Waals surface area contributed by atoms with Crippen LogP contribution in [0.15, 0.2) is 23.4 Å². The van der Waals surface area contributed by atoms with E-state index in [0.29, 0.717) is 6.54 Å². The molecule has 0 atom stereocenters. The average Bonchev–Trinajstić information content (AvgIpc) is 2.24. The molecule has 1 heterocycles. The van der Waals surface area contributed by atoms with Crippen molar-refractivity contribution in [3.8, 4) is 0 Å². The fraction of sp³-hybridized carbons (Fsp3) is 0.500. The zero-order valence-electron chi connectivity index (χ0n) is 10.0. The van der Waals surface area contributed by atoms with Gasteiger partial charge < -0.3 is 10.6 Å². The minimum Gasteiger partial charge on any atom is -0.396 e. The summed E-state index contributed by atoms with van der Waals surface area (Å²) in [4.78, 5) is 5.77. The molecule has 0 unspecified atom stereocenters. The van der Waals surface area contributed by atoms with E-state index in [1.807, 2.05) is 19.0 Å². The molecule has 1 aromatic rings. The molecule has 0 fully saturated rings. The van der Waals surface area contributed by atoms with Crippen molar-refractivity contribution in [3.63, 3.8) is 0 Å². The average molecular weight is 258 g/mol. The Bertz CT molecular complexity index is 459. The quantitative estimate of drug-likeness (QED) is 0.695. The van der Waals surface area contributed by atoms with Crippen LogP contribution < -0.4 is 10.5 Å². The first kappa shape index (κ1) is 13.9. The van der Waals surface area contributed by atoms with E-state index in [9.17, 15) is 8.42 Å². The van der Waals surface area contributed by atoms with Gasteiger partial charge in [-0.05, 0) is 39.2 Å². The normalized spacial score (nSPS) is 11.9. The molecule has 0 bridgehead atoms. The molecule has 0 spiro atoms. The maximum Gasteiger partial charge on any atom is 0.260 e. The summed E-state index contributed by atoms with van der Waals surface area (Å²) in [7, 11) is 0.278. The highest BCUT2D eigenvalue weighted by Crippen LogP contribution is 2.13. The minimum absolute atomic E-state index is 0.107. The van der Waals surface area contributed by atoms with Crippen molar-refractivity contribution in [2.75, 3.05) is 32.9 Å². The standard InChI is InChI=1S/C10H18N4O2S/c1-14(2)8-4-7-13-17(15,16)10-9(11)5-3-6-12-10/h3,5-6,13H,4,7-8,11H2,1-2H3. The van der Waals surface area contributed by atoms with E-state index in [1.165, 1.54) is 12.3 Å². The van der Waals surface area contributed by atoms with Gasteiger partial charge in [0.15, 0.2) is 5.03 Å². The Morgan fingerprint density at radius 2 is 2.18 bits per heavy atom. The Morgan fingerprint density at radius 3 is 2.76 bits per heavy atom. The van der Waals surface area contributed by atoms with Crippen molar-refractivity contribution in [3.05, 3.63) is 18.3 Å². The van der Waals surface area contributed by atoms with Crippen LogP contribution in [0.2, 0.25) is 0 Å². The second kappa shape index (κ2) is 5.95. The maximum atomic E-state index is 11.8. The summed E-state index contributed by atoms with van der Waals surface area (Å²) < 4.78 is 26.1. The van der Waals surface area contributed by atoms with E-state index < -0.39 is 10.0 Å². The summed E-state index contributed by atoms with van der Waals surface area (Å²) in [5, 5.41) is -0.107. The second-order valence-corrected chi connectivity index (χ2v) is 5.63. The number of sulfonamides is 1. The largest absolute Gasteiger partial charge is 0.396 e. The number of hydrogen-bond acceptors (Lipinski definition) is 5. The zero-order chi connectivity index (χ0) is 12.9. The lowest BCUT2D eigenvalue weighted by Crippen LogP contribution is -2.28. The third kappa shape index (κ3) is 4.29. The van der Waals surface area contributed by atoms with Gasteiger partial charge in [-0.25, -0.2) is 18.1 Å². The number of aromatic nitrogens is 1. The van der Waals surface area contributed by atoms with Gasteiger partial charge in [0.05, 0.1) is 5.69 Å². The smallest absolute Gasteiger partial charge is 0.260 e. The van der Waals surface area contributed by atoms with Crippen molar-refractivity contribution < 1.29 is 8.42 Å². The van der Waals surface area contributed by atoms with Crippen LogP contribution in [0.3, 0.4) is 0 Å². The molecule has 0 aliphatic heterocycles. The number of anilines is 1.